The van der Waals surface area contributed by atoms with Crippen molar-refractivity contribution in [3.8, 4) is 0 Å². The highest BCUT2D eigenvalue weighted by Crippen LogP contribution is 1.93. The number of ether oxygens (including phenoxy) is 2. The van der Waals surface area contributed by atoms with Crippen LogP contribution in [0, 0.1) is 0 Å². The molecule has 0 rings (SSSR count). The van der Waals surface area contributed by atoms with E-state index in [1.54, 1.807) is 6.92 Å². The number of carbonyl (C=O) groups is 1. The molecule has 0 atom stereocenters. The summed E-state index contributed by atoms with van der Waals surface area (Å²) in [5, 5.41) is 0. The van der Waals surface area contributed by atoms with E-state index in [0.717, 1.165) is 0 Å². The van der Waals surface area contributed by atoms with E-state index < -0.39 is 0 Å². The monoisotopic (exact) mass is 172 g/mol. The van der Waals surface area contributed by atoms with E-state index in [0.29, 0.717) is 18.8 Å². The number of rotatable bonds is 5. The predicted molar refractivity (Wildman–Crippen MR) is 46.9 cm³/mol. The van der Waals surface area contributed by atoms with Crippen LogP contribution in [0.15, 0.2) is 12.2 Å². The second kappa shape index (κ2) is 5.77. The van der Waals surface area contributed by atoms with Crippen molar-refractivity contribution in [2.24, 2.45) is 0 Å². The summed E-state index contributed by atoms with van der Waals surface area (Å²) in [6.07, 6.45) is 0.175. The topological polar surface area (TPSA) is 35.5 Å². The Kier molecular flexibility index (Phi) is 5.37. The SMILES string of the molecule is C=C(C)C(=O)OCCOC(C)C. The van der Waals surface area contributed by atoms with Crippen molar-refractivity contribution in [3.63, 3.8) is 0 Å². The molecule has 3 heteroatoms. The molecule has 0 saturated carbocycles. The molecule has 0 aromatic rings. The minimum Gasteiger partial charge on any atom is -0.460 e. The van der Waals surface area contributed by atoms with Crippen LogP contribution < -0.4 is 0 Å². The van der Waals surface area contributed by atoms with Gasteiger partial charge in [0.1, 0.15) is 6.61 Å². The highest BCUT2D eigenvalue weighted by Gasteiger charge is 2.02. The lowest BCUT2D eigenvalue weighted by molar-refractivity contribution is -0.140. The van der Waals surface area contributed by atoms with E-state index in [1.807, 2.05) is 13.8 Å². The molecule has 0 N–H and O–H groups in total. The normalized spacial score (nSPS) is 10.0. The molecule has 0 heterocycles. The number of hydrogen-bond donors (Lipinski definition) is 0. The Morgan fingerprint density at radius 3 is 2.42 bits per heavy atom. The third-order valence-electron chi connectivity index (χ3n) is 1.12. The number of hydrogen-bond acceptors (Lipinski definition) is 3. The van der Waals surface area contributed by atoms with Gasteiger partial charge in [-0.3, -0.25) is 0 Å². The Balaban J connectivity index is 3.32. The zero-order valence-electron chi connectivity index (χ0n) is 7.92. The zero-order valence-corrected chi connectivity index (χ0v) is 7.92. The molecule has 0 saturated heterocycles. The fraction of sp³-hybridized carbons (Fsp3) is 0.667. The third kappa shape index (κ3) is 5.92. The summed E-state index contributed by atoms with van der Waals surface area (Å²) in [6.45, 7) is 9.67. The fourth-order valence-electron chi connectivity index (χ4n) is 0.541. The van der Waals surface area contributed by atoms with Gasteiger partial charge in [0.15, 0.2) is 0 Å². The van der Waals surface area contributed by atoms with Gasteiger partial charge in [0.25, 0.3) is 0 Å². The summed E-state index contributed by atoms with van der Waals surface area (Å²) in [5.74, 6) is -0.359. The van der Waals surface area contributed by atoms with Gasteiger partial charge < -0.3 is 9.47 Å². The maximum absolute atomic E-state index is 10.8. The molecule has 3 nitrogen and oxygen atoms in total. The molecular weight excluding hydrogens is 156 g/mol. The van der Waals surface area contributed by atoms with Gasteiger partial charge in [-0.05, 0) is 20.8 Å². The average Bonchev–Trinajstić information content (AvgIpc) is 1.97. The molecule has 0 spiro atoms. The van der Waals surface area contributed by atoms with E-state index in [4.69, 9.17) is 9.47 Å². The third-order valence-corrected chi connectivity index (χ3v) is 1.12. The van der Waals surface area contributed by atoms with Gasteiger partial charge in [0, 0.05) is 5.57 Å². The number of esters is 1. The van der Waals surface area contributed by atoms with Crippen LogP contribution in [0.25, 0.3) is 0 Å². The van der Waals surface area contributed by atoms with E-state index in [-0.39, 0.29) is 12.1 Å². The molecule has 70 valence electrons. The molecule has 0 aliphatic carbocycles. The van der Waals surface area contributed by atoms with Crippen molar-refractivity contribution < 1.29 is 14.3 Å². The van der Waals surface area contributed by atoms with E-state index in [9.17, 15) is 4.79 Å². The van der Waals surface area contributed by atoms with Crippen molar-refractivity contribution >= 4 is 5.97 Å². The molecule has 0 aliphatic rings. The average molecular weight is 172 g/mol. The Labute approximate surface area is 73.4 Å². The van der Waals surface area contributed by atoms with E-state index in [1.165, 1.54) is 0 Å². The highest BCUT2D eigenvalue weighted by atomic mass is 16.6. The molecule has 0 fully saturated rings. The Morgan fingerprint density at radius 1 is 1.42 bits per heavy atom. The van der Waals surface area contributed by atoms with Gasteiger partial charge in [-0.15, -0.1) is 0 Å². The number of carbonyl (C=O) groups excluding carboxylic acids is 1. The van der Waals surface area contributed by atoms with Gasteiger partial charge in [0.2, 0.25) is 0 Å². The molecule has 0 aromatic heterocycles. The van der Waals surface area contributed by atoms with Crippen molar-refractivity contribution in [1.82, 2.24) is 0 Å². The minimum absolute atomic E-state index is 0.175. The quantitative estimate of drug-likeness (QED) is 0.358. The molecule has 0 radical (unpaired) electrons. The molecule has 0 amide bonds. The molecule has 0 aromatic carbocycles. The summed E-state index contributed by atoms with van der Waals surface area (Å²) in [5.41, 5.74) is 0.416. The first-order chi connectivity index (χ1) is 5.54. The summed E-state index contributed by atoms with van der Waals surface area (Å²) in [6, 6.07) is 0. The molecule has 0 bridgehead atoms. The second-order valence-corrected chi connectivity index (χ2v) is 2.84. The lowest BCUT2D eigenvalue weighted by atomic mass is 10.4. The largest absolute Gasteiger partial charge is 0.460 e. The smallest absolute Gasteiger partial charge is 0.333 e. The van der Waals surface area contributed by atoms with Crippen LogP contribution in [0.3, 0.4) is 0 Å². The predicted octanol–water partition coefficient (Wildman–Crippen LogP) is 1.53. The first-order valence-electron chi connectivity index (χ1n) is 3.98. The van der Waals surface area contributed by atoms with Crippen LogP contribution in [0.2, 0.25) is 0 Å². The molecular formula is C9H16O3. The lowest BCUT2D eigenvalue weighted by Crippen LogP contribution is -2.13. The molecule has 0 unspecified atom stereocenters. The zero-order chi connectivity index (χ0) is 9.56. The standard InChI is InChI=1S/C9H16O3/c1-7(2)9(10)12-6-5-11-8(3)4/h8H,1,5-6H2,2-4H3. The van der Waals surface area contributed by atoms with Gasteiger partial charge in [0.05, 0.1) is 12.7 Å². The van der Waals surface area contributed by atoms with Gasteiger partial charge in [-0.2, -0.15) is 0 Å². The minimum atomic E-state index is -0.359. The maximum Gasteiger partial charge on any atom is 0.333 e. The summed E-state index contributed by atoms with van der Waals surface area (Å²) >= 11 is 0. The van der Waals surface area contributed by atoms with Crippen LogP contribution >= 0.6 is 0 Å². The second-order valence-electron chi connectivity index (χ2n) is 2.84. The first kappa shape index (κ1) is 11.2. The van der Waals surface area contributed by atoms with Gasteiger partial charge in [-0.25, -0.2) is 4.79 Å². The summed E-state index contributed by atoms with van der Waals surface area (Å²) in [7, 11) is 0. The Bertz CT molecular complexity index is 161. The van der Waals surface area contributed by atoms with Crippen LogP contribution in [0.1, 0.15) is 20.8 Å². The van der Waals surface area contributed by atoms with Crippen molar-refractivity contribution in [2.45, 2.75) is 26.9 Å². The summed E-state index contributed by atoms with van der Waals surface area (Å²) in [4.78, 5) is 10.8. The highest BCUT2D eigenvalue weighted by molar-refractivity contribution is 5.86. The lowest BCUT2D eigenvalue weighted by Gasteiger charge is -2.07. The van der Waals surface area contributed by atoms with Crippen LogP contribution in [-0.2, 0) is 14.3 Å². The molecule has 12 heavy (non-hydrogen) atoms. The van der Waals surface area contributed by atoms with E-state index >= 15 is 0 Å². The van der Waals surface area contributed by atoms with Crippen LogP contribution in [0.4, 0.5) is 0 Å². The van der Waals surface area contributed by atoms with Gasteiger partial charge in [-0.1, -0.05) is 6.58 Å². The van der Waals surface area contributed by atoms with Gasteiger partial charge >= 0.3 is 5.97 Å². The van der Waals surface area contributed by atoms with Crippen molar-refractivity contribution in [2.75, 3.05) is 13.2 Å². The maximum atomic E-state index is 10.8. The summed E-state index contributed by atoms with van der Waals surface area (Å²) < 4.78 is 9.96. The van der Waals surface area contributed by atoms with Crippen molar-refractivity contribution in [3.05, 3.63) is 12.2 Å². The Hall–Kier alpha value is -0.830. The van der Waals surface area contributed by atoms with Crippen LogP contribution in [-0.4, -0.2) is 25.3 Å². The molecule has 0 aliphatic heterocycles. The fourth-order valence-corrected chi connectivity index (χ4v) is 0.541. The first-order valence-corrected chi connectivity index (χ1v) is 3.98. The van der Waals surface area contributed by atoms with Crippen molar-refractivity contribution in [1.29, 1.82) is 0 Å². The van der Waals surface area contributed by atoms with E-state index in [2.05, 4.69) is 6.58 Å². The Morgan fingerprint density at radius 2 is 2.00 bits per heavy atom. The van der Waals surface area contributed by atoms with Crippen LogP contribution in [0.5, 0.6) is 0 Å².